The fourth-order valence-electron chi connectivity index (χ4n) is 1.95. The Morgan fingerprint density at radius 1 is 1.58 bits per heavy atom. The lowest BCUT2D eigenvalue weighted by atomic mass is 10.2. The molecule has 0 aliphatic heterocycles. The lowest BCUT2D eigenvalue weighted by Crippen LogP contribution is -2.28. The van der Waals surface area contributed by atoms with Gasteiger partial charge in [-0.1, -0.05) is 6.07 Å². The minimum absolute atomic E-state index is 0.0621. The van der Waals surface area contributed by atoms with E-state index in [0.717, 1.165) is 18.7 Å². The zero-order chi connectivity index (χ0) is 13.7. The normalized spacial score (nSPS) is 12.3. The Morgan fingerprint density at radius 3 is 3.05 bits per heavy atom. The van der Waals surface area contributed by atoms with Crippen LogP contribution in [0.15, 0.2) is 23.8 Å². The highest BCUT2D eigenvalue weighted by atomic mass is 32.1. The Bertz CT molecular complexity index is 520. The van der Waals surface area contributed by atoms with Crippen LogP contribution in [-0.2, 0) is 18.3 Å². The van der Waals surface area contributed by atoms with E-state index in [4.69, 9.17) is 0 Å². The van der Waals surface area contributed by atoms with Crippen molar-refractivity contribution >= 4 is 17.2 Å². The van der Waals surface area contributed by atoms with E-state index in [-0.39, 0.29) is 11.9 Å². The lowest BCUT2D eigenvalue weighted by Gasteiger charge is -2.12. The Kier molecular flexibility index (Phi) is 4.68. The van der Waals surface area contributed by atoms with E-state index in [1.165, 1.54) is 11.2 Å². The number of hydrogen-bond donors (Lipinski definition) is 1. The molecule has 6 heteroatoms. The Labute approximate surface area is 116 Å². The molecule has 0 radical (unpaired) electrons. The Morgan fingerprint density at radius 2 is 2.42 bits per heavy atom. The molecule has 1 N–H and O–H groups in total. The van der Waals surface area contributed by atoms with Crippen LogP contribution < -0.4 is 5.32 Å². The van der Waals surface area contributed by atoms with Crippen molar-refractivity contribution in [2.24, 2.45) is 7.05 Å². The summed E-state index contributed by atoms with van der Waals surface area (Å²) in [6.45, 7) is 1.92. The monoisotopic (exact) mass is 278 g/mol. The van der Waals surface area contributed by atoms with Gasteiger partial charge in [-0.2, -0.15) is 5.10 Å². The summed E-state index contributed by atoms with van der Waals surface area (Å²) >= 11 is 1.74. The van der Waals surface area contributed by atoms with Crippen LogP contribution in [-0.4, -0.2) is 20.7 Å². The third-order valence-corrected chi connectivity index (χ3v) is 3.85. The molecule has 0 fully saturated rings. The highest BCUT2D eigenvalue weighted by molar-refractivity contribution is 7.09. The van der Waals surface area contributed by atoms with Gasteiger partial charge in [-0.3, -0.25) is 9.48 Å². The number of carbonyl (C=O) groups excluding carboxylic acids is 1. The molecule has 2 rings (SSSR count). The topological polar surface area (TPSA) is 59.8 Å². The third-order valence-electron chi connectivity index (χ3n) is 2.92. The van der Waals surface area contributed by atoms with Crippen molar-refractivity contribution in [3.8, 4) is 0 Å². The Hall–Kier alpha value is -1.69. The molecule has 0 bridgehead atoms. The first-order valence-corrected chi connectivity index (χ1v) is 7.20. The largest absolute Gasteiger partial charge is 0.346 e. The van der Waals surface area contributed by atoms with E-state index in [1.807, 2.05) is 20.0 Å². The first kappa shape index (κ1) is 13.7. The van der Waals surface area contributed by atoms with Gasteiger partial charge in [-0.05, 0) is 31.2 Å². The maximum absolute atomic E-state index is 11.8. The van der Waals surface area contributed by atoms with Crippen LogP contribution in [0.3, 0.4) is 0 Å². The molecule has 19 heavy (non-hydrogen) atoms. The number of nitrogens with one attached hydrogen (secondary N) is 1. The average Bonchev–Trinajstić information content (AvgIpc) is 3.00. The van der Waals surface area contributed by atoms with Gasteiger partial charge in [0.05, 0.1) is 6.04 Å². The van der Waals surface area contributed by atoms with Crippen LogP contribution in [0.4, 0.5) is 0 Å². The number of hydrogen-bond acceptors (Lipinski definition) is 4. The molecule has 2 heterocycles. The molecule has 0 saturated carbocycles. The van der Waals surface area contributed by atoms with Crippen LogP contribution in [0.1, 0.15) is 36.5 Å². The predicted molar refractivity (Wildman–Crippen MR) is 74.8 cm³/mol. The maximum Gasteiger partial charge on any atom is 0.220 e. The minimum atomic E-state index is -0.110. The van der Waals surface area contributed by atoms with Crippen molar-refractivity contribution in [2.75, 3.05) is 0 Å². The van der Waals surface area contributed by atoms with Gasteiger partial charge in [-0.25, -0.2) is 4.98 Å². The second-order valence-electron chi connectivity index (χ2n) is 4.46. The van der Waals surface area contributed by atoms with Crippen molar-refractivity contribution in [1.82, 2.24) is 20.1 Å². The van der Waals surface area contributed by atoms with Crippen LogP contribution in [0.2, 0.25) is 0 Å². The molecule has 0 unspecified atom stereocenters. The molecule has 2 aromatic heterocycles. The molecule has 0 aliphatic rings. The number of nitrogens with zero attached hydrogens (tertiary/aromatic N) is 3. The summed E-state index contributed by atoms with van der Waals surface area (Å²) in [5, 5.41) is 9.00. The molecular formula is C13H18N4OS. The zero-order valence-corrected chi connectivity index (χ0v) is 12.0. The fraction of sp³-hybridized carbons (Fsp3) is 0.462. The second kappa shape index (κ2) is 6.47. The van der Waals surface area contributed by atoms with Gasteiger partial charge in [0.25, 0.3) is 0 Å². The van der Waals surface area contributed by atoms with Gasteiger partial charge in [-0.15, -0.1) is 11.3 Å². The minimum Gasteiger partial charge on any atom is -0.346 e. The number of carbonyl (C=O) groups is 1. The maximum atomic E-state index is 11.8. The van der Waals surface area contributed by atoms with Crippen molar-refractivity contribution in [3.63, 3.8) is 0 Å². The number of aryl methyl sites for hydroxylation is 2. The molecular weight excluding hydrogens is 260 g/mol. The van der Waals surface area contributed by atoms with E-state index in [1.54, 1.807) is 16.0 Å². The molecule has 1 amide bonds. The Balaban J connectivity index is 1.74. The summed E-state index contributed by atoms with van der Waals surface area (Å²) < 4.78 is 1.68. The van der Waals surface area contributed by atoms with Gasteiger partial charge in [0.15, 0.2) is 0 Å². The summed E-state index contributed by atoms with van der Waals surface area (Å²) in [6, 6.07) is 4.03. The molecule has 0 aliphatic carbocycles. The van der Waals surface area contributed by atoms with Crippen molar-refractivity contribution in [2.45, 2.75) is 32.2 Å². The van der Waals surface area contributed by atoms with Gasteiger partial charge in [0.1, 0.15) is 12.2 Å². The molecule has 2 aromatic rings. The number of rotatable bonds is 6. The van der Waals surface area contributed by atoms with Crippen LogP contribution in [0, 0.1) is 0 Å². The van der Waals surface area contributed by atoms with E-state index >= 15 is 0 Å². The number of amides is 1. The second-order valence-corrected chi connectivity index (χ2v) is 5.50. The van der Waals surface area contributed by atoms with Crippen molar-refractivity contribution in [3.05, 3.63) is 34.5 Å². The highest BCUT2D eigenvalue weighted by Gasteiger charge is 2.13. The smallest absolute Gasteiger partial charge is 0.220 e. The summed E-state index contributed by atoms with van der Waals surface area (Å²) in [5.74, 6) is 0.832. The number of thiophene rings is 1. The molecule has 5 nitrogen and oxygen atoms in total. The SMILES string of the molecule is C[C@H](NC(=O)CCCc1cccs1)c1ncnn1C. The van der Waals surface area contributed by atoms with E-state index in [2.05, 4.69) is 26.8 Å². The van der Waals surface area contributed by atoms with Gasteiger partial charge in [0.2, 0.25) is 5.91 Å². The summed E-state index contributed by atoms with van der Waals surface area (Å²) in [6.07, 6.45) is 3.87. The van der Waals surface area contributed by atoms with Crippen molar-refractivity contribution in [1.29, 1.82) is 0 Å². The molecule has 0 saturated heterocycles. The van der Waals surface area contributed by atoms with Crippen LogP contribution in [0.5, 0.6) is 0 Å². The summed E-state index contributed by atoms with van der Waals surface area (Å²) in [7, 11) is 1.82. The van der Waals surface area contributed by atoms with E-state index in [0.29, 0.717) is 6.42 Å². The fourth-order valence-corrected chi connectivity index (χ4v) is 2.70. The molecule has 1 atom stereocenters. The third kappa shape index (κ3) is 3.89. The van der Waals surface area contributed by atoms with Gasteiger partial charge in [0, 0.05) is 18.3 Å². The number of aromatic nitrogens is 3. The summed E-state index contributed by atoms with van der Waals surface area (Å²) in [4.78, 5) is 17.3. The van der Waals surface area contributed by atoms with Crippen LogP contribution >= 0.6 is 11.3 Å². The predicted octanol–water partition coefficient (Wildman–Crippen LogP) is 2.08. The average molecular weight is 278 g/mol. The van der Waals surface area contributed by atoms with E-state index in [9.17, 15) is 4.79 Å². The standard InChI is InChI=1S/C13H18N4OS/c1-10(13-14-9-15-17(13)2)16-12(18)7-3-5-11-6-4-8-19-11/h4,6,8-10H,3,5,7H2,1-2H3,(H,16,18)/t10-/m0/s1. The quantitative estimate of drug-likeness (QED) is 0.880. The molecule has 102 valence electrons. The first-order valence-electron chi connectivity index (χ1n) is 6.32. The van der Waals surface area contributed by atoms with Gasteiger partial charge < -0.3 is 5.32 Å². The van der Waals surface area contributed by atoms with Crippen LogP contribution in [0.25, 0.3) is 0 Å². The summed E-state index contributed by atoms with van der Waals surface area (Å²) in [5.41, 5.74) is 0. The molecule has 0 spiro atoms. The lowest BCUT2D eigenvalue weighted by molar-refractivity contribution is -0.121. The van der Waals surface area contributed by atoms with Crippen molar-refractivity contribution < 1.29 is 4.79 Å². The molecule has 0 aromatic carbocycles. The first-order chi connectivity index (χ1) is 9.16. The van der Waals surface area contributed by atoms with E-state index < -0.39 is 0 Å². The van der Waals surface area contributed by atoms with Gasteiger partial charge >= 0.3 is 0 Å². The zero-order valence-electron chi connectivity index (χ0n) is 11.2. The highest BCUT2D eigenvalue weighted by Crippen LogP contribution is 2.12.